The lowest BCUT2D eigenvalue weighted by Gasteiger charge is -2.40. The van der Waals surface area contributed by atoms with E-state index < -0.39 is 0 Å². The Morgan fingerprint density at radius 2 is 2.00 bits per heavy atom. The molecule has 76 valence electrons. The van der Waals surface area contributed by atoms with Crippen LogP contribution in [0.1, 0.15) is 52.4 Å². The number of rotatable bonds is 1. The molecule has 0 aromatic heterocycles. The Bertz CT molecular complexity index is 168. The highest BCUT2D eigenvalue weighted by atomic mass is 15.0. The smallest absolute Gasteiger partial charge is 0.0184 e. The third kappa shape index (κ3) is 1.90. The van der Waals surface area contributed by atoms with Crippen LogP contribution in [-0.2, 0) is 0 Å². The average molecular weight is 181 g/mol. The molecule has 1 heterocycles. The fourth-order valence-electron chi connectivity index (χ4n) is 3.23. The van der Waals surface area contributed by atoms with Gasteiger partial charge < -0.3 is 5.32 Å². The average Bonchev–Trinajstić information content (AvgIpc) is 2.53. The predicted octanol–water partition coefficient (Wildman–Crippen LogP) is 2.95. The molecule has 1 spiro atoms. The molecular weight excluding hydrogens is 158 g/mol. The summed E-state index contributed by atoms with van der Waals surface area (Å²) in [4.78, 5) is 0. The van der Waals surface area contributed by atoms with Crippen molar-refractivity contribution in [2.45, 2.75) is 57.9 Å². The first kappa shape index (κ1) is 9.51. The van der Waals surface area contributed by atoms with Gasteiger partial charge in [0, 0.05) is 5.54 Å². The van der Waals surface area contributed by atoms with E-state index in [0.29, 0.717) is 5.54 Å². The van der Waals surface area contributed by atoms with Crippen molar-refractivity contribution in [3.05, 3.63) is 0 Å². The van der Waals surface area contributed by atoms with Crippen molar-refractivity contribution in [1.29, 1.82) is 0 Å². The molecule has 0 radical (unpaired) electrons. The lowest BCUT2D eigenvalue weighted by Crippen LogP contribution is -2.44. The van der Waals surface area contributed by atoms with Gasteiger partial charge in [-0.1, -0.05) is 26.7 Å². The van der Waals surface area contributed by atoms with Gasteiger partial charge in [-0.15, -0.1) is 0 Å². The zero-order chi connectivity index (χ0) is 9.31. The van der Waals surface area contributed by atoms with E-state index in [0.717, 1.165) is 11.8 Å². The molecule has 1 saturated heterocycles. The standard InChI is InChI=1S/C12H23N/c1-10(2)11-5-3-6-12(9-11)7-4-8-13-12/h10-11,13H,3-9H2,1-2H3. The highest BCUT2D eigenvalue weighted by Gasteiger charge is 2.38. The van der Waals surface area contributed by atoms with Crippen LogP contribution in [0.5, 0.6) is 0 Å². The van der Waals surface area contributed by atoms with Crippen molar-refractivity contribution in [3.8, 4) is 0 Å². The van der Waals surface area contributed by atoms with E-state index in [2.05, 4.69) is 19.2 Å². The molecule has 0 aromatic rings. The molecule has 1 N–H and O–H groups in total. The zero-order valence-corrected chi connectivity index (χ0v) is 9.10. The Morgan fingerprint density at radius 3 is 2.62 bits per heavy atom. The van der Waals surface area contributed by atoms with Gasteiger partial charge in [0.1, 0.15) is 0 Å². The van der Waals surface area contributed by atoms with Gasteiger partial charge in [-0.05, 0) is 44.1 Å². The molecule has 2 aliphatic rings. The SMILES string of the molecule is CC(C)C1CCCC2(CCCN2)C1. The monoisotopic (exact) mass is 181 g/mol. The molecule has 1 aliphatic heterocycles. The summed E-state index contributed by atoms with van der Waals surface area (Å²) >= 11 is 0. The maximum absolute atomic E-state index is 3.76. The summed E-state index contributed by atoms with van der Waals surface area (Å²) in [7, 11) is 0. The summed E-state index contributed by atoms with van der Waals surface area (Å²) in [5, 5.41) is 3.76. The Balaban J connectivity index is 1.98. The summed E-state index contributed by atoms with van der Waals surface area (Å²) in [6, 6.07) is 0. The molecule has 2 atom stereocenters. The topological polar surface area (TPSA) is 12.0 Å². The molecule has 2 unspecified atom stereocenters. The van der Waals surface area contributed by atoms with Crippen molar-refractivity contribution < 1.29 is 0 Å². The summed E-state index contributed by atoms with van der Waals surface area (Å²) in [5.74, 6) is 1.87. The molecule has 0 amide bonds. The fraction of sp³-hybridized carbons (Fsp3) is 1.00. The Kier molecular flexibility index (Phi) is 2.64. The van der Waals surface area contributed by atoms with Crippen molar-refractivity contribution in [3.63, 3.8) is 0 Å². The minimum atomic E-state index is 0.577. The molecule has 0 bridgehead atoms. The molecule has 0 aromatic carbocycles. The van der Waals surface area contributed by atoms with Gasteiger partial charge in [-0.2, -0.15) is 0 Å². The first-order valence-electron chi connectivity index (χ1n) is 5.97. The largest absolute Gasteiger partial charge is 0.311 e. The Morgan fingerprint density at radius 1 is 1.23 bits per heavy atom. The maximum Gasteiger partial charge on any atom is 0.0184 e. The van der Waals surface area contributed by atoms with E-state index in [1.807, 2.05) is 0 Å². The van der Waals surface area contributed by atoms with Crippen molar-refractivity contribution in [2.75, 3.05) is 6.54 Å². The van der Waals surface area contributed by atoms with Crippen LogP contribution in [0.3, 0.4) is 0 Å². The van der Waals surface area contributed by atoms with Crippen LogP contribution in [0.4, 0.5) is 0 Å². The minimum absolute atomic E-state index is 0.577. The van der Waals surface area contributed by atoms with E-state index in [9.17, 15) is 0 Å². The normalized spacial score (nSPS) is 40.4. The van der Waals surface area contributed by atoms with Gasteiger partial charge in [0.15, 0.2) is 0 Å². The van der Waals surface area contributed by atoms with E-state index in [4.69, 9.17) is 0 Å². The summed E-state index contributed by atoms with van der Waals surface area (Å²) in [5.41, 5.74) is 0.577. The van der Waals surface area contributed by atoms with Gasteiger partial charge in [-0.3, -0.25) is 0 Å². The van der Waals surface area contributed by atoms with Gasteiger partial charge in [0.05, 0.1) is 0 Å². The molecule has 1 heteroatoms. The second kappa shape index (κ2) is 3.61. The van der Waals surface area contributed by atoms with Crippen molar-refractivity contribution >= 4 is 0 Å². The quantitative estimate of drug-likeness (QED) is 0.656. The Labute approximate surface area is 82.3 Å². The van der Waals surface area contributed by atoms with Gasteiger partial charge in [-0.25, -0.2) is 0 Å². The number of hydrogen-bond acceptors (Lipinski definition) is 1. The first-order valence-corrected chi connectivity index (χ1v) is 5.97. The van der Waals surface area contributed by atoms with Gasteiger partial charge in [0.2, 0.25) is 0 Å². The van der Waals surface area contributed by atoms with Crippen LogP contribution >= 0.6 is 0 Å². The zero-order valence-electron chi connectivity index (χ0n) is 9.10. The highest BCUT2D eigenvalue weighted by molar-refractivity contribution is 4.97. The minimum Gasteiger partial charge on any atom is -0.311 e. The van der Waals surface area contributed by atoms with E-state index >= 15 is 0 Å². The molecule has 1 aliphatic carbocycles. The highest BCUT2D eigenvalue weighted by Crippen LogP contribution is 2.40. The molecule has 2 rings (SSSR count). The maximum atomic E-state index is 3.76. The van der Waals surface area contributed by atoms with Crippen LogP contribution < -0.4 is 5.32 Å². The van der Waals surface area contributed by atoms with Crippen LogP contribution in [0.2, 0.25) is 0 Å². The van der Waals surface area contributed by atoms with Crippen LogP contribution in [0.25, 0.3) is 0 Å². The van der Waals surface area contributed by atoms with E-state index in [-0.39, 0.29) is 0 Å². The molecule has 1 nitrogen and oxygen atoms in total. The summed E-state index contributed by atoms with van der Waals surface area (Å²) in [6.07, 6.45) is 8.67. The van der Waals surface area contributed by atoms with Crippen LogP contribution in [0.15, 0.2) is 0 Å². The van der Waals surface area contributed by atoms with Crippen LogP contribution in [0, 0.1) is 11.8 Å². The molecule has 13 heavy (non-hydrogen) atoms. The lowest BCUT2D eigenvalue weighted by atomic mass is 9.71. The van der Waals surface area contributed by atoms with E-state index in [1.165, 1.54) is 45.1 Å². The summed E-state index contributed by atoms with van der Waals surface area (Å²) < 4.78 is 0. The lowest BCUT2D eigenvalue weighted by molar-refractivity contribution is 0.165. The van der Waals surface area contributed by atoms with Crippen molar-refractivity contribution in [1.82, 2.24) is 5.32 Å². The summed E-state index contributed by atoms with van der Waals surface area (Å²) in [6.45, 7) is 6.04. The first-order chi connectivity index (χ1) is 6.22. The third-order valence-electron chi connectivity index (χ3n) is 4.16. The molecule has 1 saturated carbocycles. The number of nitrogens with one attached hydrogen (secondary N) is 1. The molecule has 2 fully saturated rings. The predicted molar refractivity (Wildman–Crippen MR) is 56.8 cm³/mol. The fourth-order valence-corrected chi connectivity index (χ4v) is 3.23. The number of hydrogen-bond donors (Lipinski definition) is 1. The van der Waals surface area contributed by atoms with Gasteiger partial charge >= 0.3 is 0 Å². The van der Waals surface area contributed by atoms with Crippen LogP contribution in [-0.4, -0.2) is 12.1 Å². The second-order valence-electron chi connectivity index (χ2n) is 5.41. The van der Waals surface area contributed by atoms with Gasteiger partial charge in [0.25, 0.3) is 0 Å². The van der Waals surface area contributed by atoms with E-state index in [1.54, 1.807) is 0 Å². The van der Waals surface area contributed by atoms with Crippen molar-refractivity contribution in [2.24, 2.45) is 11.8 Å². The second-order valence-corrected chi connectivity index (χ2v) is 5.41. The molecular formula is C12H23N. The Hall–Kier alpha value is -0.0400. The third-order valence-corrected chi connectivity index (χ3v) is 4.16.